The third kappa shape index (κ3) is 3.74. The number of nitrogens with one attached hydrogen (secondary N) is 1. The van der Waals surface area contributed by atoms with Crippen LogP contribution in [0.3, 0.4) is 0 Å². The van der Waals surface area contributed by atoms with Gasteiger partial charge in [-0.25, -0.2) is 4.98 Å². The molecular weight excluding hydrogens is 330 g/mol. The minimum Gasteiger partial charge on any atom is -0.380 e. The summed E-state index contributed by atoms with van der Waals surface area (Å²) in [5.74, 6) is 1.02. The zero-order valence-electron chi connectivity index (χ0n) is 11.8. The van der Waals surface area contributed by atoms with Crippen LogP contribution in [0.1, 0.15) is 5.56 Å². The second-order valence-electron chi connectivity index (χ2n) is 4.95. The van der Waals surface area contributed by atoms with Crippen molar-refractivity contribution in [3.63, 3.8) is 0 Å². The summed E-state index contributed by atoms with van der Waals surface area (Å²) in [6, 6.07) is 12.4. The molecule has 3 rings (SSSR count). The fraction of sp³-hybridized carbons (Fsp3) is 0.312. The van der Waals surface area contributed by atoms with Crippen LogP contribution in [0.5, 0.6) is 0 Å². The van der Waals surface area contributed by atoms with E-state index in [0.717, 1.165) is 48.8 Å². The molecule has 0 aliphatic carbocycles. The molecule has 0 amide bonds. The molecule has 1 aliphatic rings. The van der Waals surface area contributed by atoms with Crippen molar-refractivity contribution < 1.29 is 4.74 Å². The number of anilines is 2. The molecule has 110 valence electrons. The van der Waals surface area contributed by atoms with E-state index in [1.165, 1.54) is 5.56 Å². The minimum atomic E-state index is 0.778. The van der Waals surface area contributed by atoms with Crippen LogP contribution >= 0.6 is 15.9 Å². The van der Waals surface area contributed by atoms with Crippen molar-refractivity contribution in [2.24, 2.45) is 0 Å². The van der Waals surface area contributed by atoms with E-state index in [-0.39, 0.29) is 0 Å². The van der Waals surface area contributed by atoms with Gasteiger partial charge < -0.3 is 15.0 Å². The summed E-state index contributed by atoms with van der Waals surface area (Å²) >= 11 is 3.56. The Bertz CT molecular complexity index is 582. The number of morpholine rings is 1. The third-order valence-corrected chi connectivity index (χ3v) is 4.30. The lowest BCUT2D eigenvalue weighted by Crippen LogP contribution is -2.36. The molecule has 0 bridgehead atoms. The third-order valence-electron chi connectivity index (χ3n) is 3.52. The number of ether oxygens (including phenoxy) is 1. The number of halogens is 1. The Morgan fingerprint density at radius 3 is 2.67 bits per heavy atom. The van der Waals surface area contributed by atoms with Crippen molar-refractivity contribution in [1.29, 1.82) is 0 Å². The van der Waals surface area contributed by atoms with Gasteiger partial charge in [0.25, 0.3) is 0 Å². The zero-order valence-corrected chi connectivity index (χ0v) is 13.3. The second kappa shape index (κ2) is 6.91. The molecule has 1 aliphatic heterocycles. The summed E-state index contributed by atoms with van der Waals surface area (Å²) in [6.07, 6.45) is 1.89. The van der Waals surface area contributed by atoms with Gasteiger partial charge >= 0.3 is 0 Å². The molecule has 1 N–H and O–H groups in total. The highest BCUT2D eigenvalue weighted by Gasteiger charge is 2.11. The molecule has 4 nitrogen and oxygen atoms in total. The van der Waals surface area contributed by atoms with E-state index < -0.39 is 0 Å². The molecule has 1 saturated heterocycles. The van der Waals surface area contributed by atoms with E-state index in [2.05, 4.69) is 55.4 Å². The van der Waals surface area contributed by atoms with Crippen molar-refractivity contribution in [2.45, 2.75) is 6.54 Å². The standard InChI is InChI=1S/C16H18BrN3O/c17-15-4-2-1-3-13(15)11-18-14-5-6-16(19-12-14)20-7-9-21-10-8-20/h1-6,12,18H,7-11H2. The molecule has 0 saturated carbocycles. The highest BCUT2D eigenvalue weighted by Crippen LogP contribution is 2.19. The van der Waals surface area contributed by atoms with Crippen LogP contribution in [0.25, 0.3) is 0 Å². The topological polar surface area (TPSA) is 37.4 Å². The molecule has 5 heteroatoms. The molecule has 0 atom stereocenters. The van der Waals surface area contributed by atoms with E-state index in [1.807, 2.05) is 18.3 Å². The van der Waals surface area contributed by atoms with Crippen LogP contribution in [0.15, 0.2) is 47.1 Å². The molecule has 0 unspecified atom stereocenters. The average Bonchev–Trinajstić information content (AvgIpc) is 2.55. The van der Waals surface area contributed by atoms with Gasteiger partial charge in [-0.3, -0.25) is 0 Å². The minimum absolute atomic E-state index is 0.778. The van der Waals surface area contributed by atoms with Crippen molar-refractivity contribution in [3.8, 4) is 0 Å². The van der Waals surface area contributed by atoms with Gasteiger partial charge in [0.2, 0.25) is 0 Å². The highest BCUT2D eigenvalue weighted by atomic mass is 79.9. The van der Waals surface area contributed by atoms with Crippen molar-refractivity contribution in [3.05, 3.63) is 52.6 Å². The molecule has 2 aromatic rings. The number of hydrogen-bond acceptors (Lipinski definition) is 4. The normalized spacial score (nSPS) is 15.0. The first-order valence-electron chi connectivity index (χ1n) is 7.09. The highest BCUT2D eigenvalue weighted by molar-refractivity contribution is 9.10. The lowest BCUT2D eigenvalue weighted by Gasteiger charge is -2.27. The number of rotatable bonds is 4. The van der Waals surface area contributed by atoms with Crippen LogP contribution in [0.4, 0.5) is 11.5 Å². The predicted molar refractivity (Wildman–Crippen MR) is 88.7 cm³/mol. The Hall–Kier alpha value is -1.59. The number of aromatic nitrogens is 1. The molecule has 1 fully saturated rings. The van der Waals surface area contributed by atoms with Gasteiger partial charge in [-0.15, -0.1) is 0 Å². The first-order valence-corrected chi connectivity index (χ1v) is 7.88. The summed E-state index contributed by atoms with van der Waals surface area (Å²) < 4.78 is 6.48. The molecule has 21 heavy (non-hydrogen) atoms. The van der Waals surface area contributed by atoms with Gasteiger partial charge in [0.15, 0.2) is 0 Å². The maximum Gasteiger partial charge on any atom is 0.128 e. The Morgan fingerprint density at radius 2 is 1.95 bits per heavy atom. The summed E-state index contributed by atoms with van der Waals surface area (Å²) in [6.45, 7) is 4.17. The maximum atomic E-state index is 5.36. The van der Waals surface area contributed by atoms with E-state index in [4.69, 9.17) is 4.74 Å². The van der Waals surface area contributed by atoms with Crippen molar-refractivity contribution >= 4 is 27.4 Å². The zero-order chi connectivity index (χ0) is 14.5. The second-order valence-corrected chi connectivity index (χ2v) is 5.80. The number of pyridine rings is 1. The van der Waals surface area contributed by atoms with E-state index >= 15 is 0 Å². The lowest BCUT2D eigenvalue weighted by molar-refractivity contribution is 0.122. The number of nitrogens with zero attached hydrogens (tertiary/aromatic N) is 2. The van der Waals surface area contributed by atoms with Gasteiger partial charge in [-0.05, 0) is 23.8 Å². The summed E-state index contributed by atoms with van der Waals surface area (Å²) in [5.41, 5.74) is 2.26. The van der Waals surface area contributed by atoms with E-state index in [1.54, 1.807) is 0 Å². The Morgan fingerprint density at radius 1 is 1.14 bits per heavy atom. The number of hydrogen-bond donors (Lipinski definition) is 1. The van der Waals surface area contributed by atoms with Gasteiger partial charge in [0, 0.05) is 24.1 Å². The smallest absolute Gasteiger partial charge is 0.128 e. The Labute approximate surface area is 133 Å². The van der Waals surface area contributed by atoms with Gasteiger partial charge in [0.1, 0.15) is 5.82 Å². The lowest BCUT2D eigenvalue weighted by atomic mass is 10.2. The molecule has 2 heterocycles. The largest absolute Gasteiger partial charge is 0.380 e. The fourth-order valence-electron chi connectivity index (χ4n) is 2.31. The first-order chi connectivity index (χ1) is 10.3. The molecule has 1 aromatic carbocycles. The van der Waals surface area contributed by atoms with Crippen molar-refractivity contribution in [1.82, 2.24) is 4.98 Å². The predicted octanol–water partition coefficient (Wildman–Crippen LogP) is 3.29. The van der Waals surface area contributed by atoms with E-state index in [9.17, 15) is 0 Å². The fourth-order valence-corrected chi connectivity index (χ4v) is 2.73. The van der Waals surface area contributed by atoms with Crippen molar-refractivity contribution in [2.75, 3.05) is 36.5 Å². The molecule has 0 radical (unpaired) electrons. The molecule has 0 spiro atoms. The molecular formula is C16H18BrN3O. The number of benzene rings is 1. The van der Waals surface area contributed by atoms with Crippen LogP contribution < -0.4 is 10.2 Å². The SMILES string of the molecule is Brc1ccccc1CNc1ccc(N2CCOCC2)nc1. The molecule has 1 aromatic heterocycles. The monoisotopic (exact) mass is 347 g/mol. The van der Waals surface area contributed by atoms with Crippen LogP contribution in [0, 0.1) is 0 Å². The quantitative estimate of drug-likeness (QED) is 0.920. The van der Waals surface area contributed by atoms with E-state index in [0.29, 0.717) is 0 Å². The van der Waals surface area contributed by atoms with Crippen LogP contribution in [0.2, 0.25) is 0 Å². The summed E-state index contributed by atoms with van der Waals surface area (Å²) in [7, 11) is 0. The van der Waals surface area contributed by atoms with Crippen LogP contribution in [-0.2, 0) is 11.3 Å². The average molecular weight is 348 g/mol. The first kappa shape index (κ1) is 14.4. The summed E-state index contributed by atoms with van der Waals surface area (Å²) in [5, 5.41) is 3.40. The van der Waals surface area contributed by atoms with Gasteiger partial charge in [-0.1, -0.05) is 34.1 Å². The van der Waals surface area contributed by atoms with Gasteiger partial charge in [0.05, 0.1) is 25.1 Å². The Kier molecular flexibility index (Phi) is 4.72. The Balaban J connectivity index is 1.60. The summed E-state index contributed by atoms with van der Waals surface area (Å²) in [4.78, 5) is 6.78. The van der Waals surface area contributed by atoms with Gasteiger partial charge in [-0.2, -0.15) is 0 Å². The maximum absolute atomic E-state index is 5.36. The van der Waals surface area contributed by atoms with Crippen LogP contribution in [-0.4, -0.2) is 31.3 Å².